The lowest BCUT2D eigenvalue weighted by atomic mass is 10.1. The maximum Gasteiger partial charge on any atom is 0.255 e. The summed E-state index contributed by atoms with van der Waals surface area (Å²) in [6.07, 6.45) is 3.12. The van der Waals surface area contributed by atoms with Crippen LogP contribution in [0.4, 0.5) is 0 Å². The normalized spacial score (nSPS) is 10.7. The van der Waals surface area contributed by atoms with Gasteiger partial charge in [-0.15, -0.1) is 0 Å². The van der Waals surface area contributed by atoms with Crippen LogP contribution in [0.15, 0.2) is 41.5 Å². The van der Waals surface area contributed by atoms with E-state index in [1.165, 1.54) is 6.20 Å². The van der Waals surface area contributed by atoms with Crippen LogP contribution in [0.5, 0.6) is 0 Å². The molecule has 3 aromatic rings. The highest BCUT2D eigenvalue weighted by Gasteiger charge is 2.16. The van der Waals surface area contributed by atoms with Crippen molar-refractivity contribution in [2.75, 3.05) is 0 Å². The van der Waals surface area contributed by atoms with Gasteiger partial charge >= 0.3 is 0 Å². The second-order valence-corrected chi connectivity index (χ2v) is 6.19. The van der Waals surface area contributed by atoms with E-state index in [-0.39, 0.29) is 17.9 Å². The van der Waals surface area contributed by atoms with Gasteiger partial charge in [0.1, 0.15) is 0 Å². The first-order chi connectivity index (χ1) is 12.0. The highest BCUT2D eigenvalue weighted by Crippen LogP contribution is 2.22. The second kappa shape index (κ2) is 6.94. The number of hydrogen-bond donors (Lipinski definition) is 3. The van der Waals surface area contributed by atoms with Crippen LogP contribution in [0.3, 0.4) is 0 Å². The zero-order valence-corrected chi connectivity index (χ0v) is 14.6. The van der Waals surface area contributed by atoms with E-state index in [1.807, 2.05) is 12.1 Å². The Morgan fingerprint density at radius 2 is 1.96 bits per heavy atom. The lowest BCUT2D eigenvalue weighted by Gasteiger charge is -2.09. The number of H-pyrrole nitrogens is 2. The maximum atomic E-state index is 12.5. The van der Waals surface area contributed by atoms with Gasteiger partial charge < -0.3 is 10.3 Å². The number of benzene rings is 1. The fourth-order valence-corrected chi connectivity index (χ4v) is 2.67. The molecule has 0 atom stereocenters. The minimum absolute atomic E-state index is 0.0202. The first-order valence-corrected chi connectivity index (χ1v) is 8.10. The molecule has 25 heavy (non-hydrogen) atoms. The number of aryl methyl sites for hydroxylation is 1. The average molecular weight is 357 g/mol. The third-order valence-electron chi connectivity index (χ3n) is 4.06. The van der Waals surface area contributed by atoms with Gasteiger partial charge in [-0.2, -0.15) is 5.10 Å². The topological polar surface area (TPSA) is 90.6 Å². The summed E-state index contributed by atoms with van der Waals surface area (Å²) in [5, 5.41) is 10.2. The van der Waals surface area contributed by atoms with Crippen molar-refractivity contribution in [2.24, 2.45) is 0 Å². The summed E-state index contributed by atoms with van der Waals surface area (Å²) in [4.78, 5) is 27.5. The van der Waals surface area contributed by atoms with Crippen molar-refractivity contribution in [3.63, 3.8) is 0 Å². The molecule has 0 bridgehead atoms. The Morgan fingerprint density at radius 1 is 1.24 bits per heavy atom. The monoisotopic (exact) mass is 356 g/mol. The number of carbonyl (C=O) groups excluding carboxylic acids is 1. The molecule has 0 saturated heterocycles. The zero-order chi connectivity index (χ0) is 18.0. The van der Waals surface area contributed by atoms with Gasteiger partial charge in [-0.05, 0) is 26.0 Å². The first kappa shape index (κ1) is 17.0. The second-order valence-electron chi connectivity index (χ2n) is 5.75. The molecule has 0 aliphatic carbocycles. The highest BCUT2D eigenvalue weighted by atomic mass is 35.5. The van der Waals surface area contributed by atoms with E-state index in [0.717, 1.165) is 5.56 Å². The number of hydrogen-bond acceptors (Lipinski definition) is 3. The number of carbonyl (C=O) groups is 1. The van der Waals surface area contributed by atoms with Gasteiger partial charge in [0.2, 0.25) is 0 Å². The number of halogens is 1. The molecule has 0 spiro atoms. The van der Waals surface area contributed by atoms with Crippen molar-refractivity contribution in [1.82, 2.24) is 20.5 Å². The molecule has 3 rings (SSSR count). The summed E-state index contributed by atoms with van der Waals surface area (Å²) in [5.74, 6) is -0.278. The van der Waals surface area contributed by atoms with E-state index in [0.29, 0.717) is 33.1 Å². The molecular formula is C18H17ClN4O2. The van der Waals surface area contributed by atoms with Crippen molar-refractivity contribution in [1.29, 1.82) is 0 Å². The summed E-state index contributed by atoms with van der Waals surface area (Å²) in [7, 11) is 0. The molecule has 2 heterocycles. The third-order valence-corrected chi connectivity index (χ3v) is 4.31. The van der Waals surface area contributed by atoms with Crippen LogP contribution in [0, 0.1) is 13.8 Å². The molecule has 0 unspecified atom stereocenters. The Bertz CT molecular complexity index is 973. The summed E-state index contributed by atoms with van der Waals surface area (Å²) in [6.45, 7) is 3.72. The molecule has 0 radical (unpaired) electrons. The smallest absolute Gasteiger partial charge is 0.255 e. The van der Waals surface area contributed by atoms with Gasteiger partial charge in [0.05, 0.1) is 24.0 Å². The van der Waals surface area contributed by atoms with E-state index < -0.39 is 0 Å². The fourth-order valence-electron chi connectivity index (χ4n) is 2.54. The molecule has 1 aromatic carbocycles. The quantitative estimate of drug-likeness (QED) is 0.671. The van der Waals surface area contributed by atoms with E-state index in [4.69, 9.17) is 11.6 Å². The van der Waals surface area contributed by atoms with Crippen molar-refractivity contribution < 1.29 is 4.79 Å². The molecule has 0 aliphatic heterocycles. The minimum atomic E-state index is -0.278. The number of nitrogens with one attached hydrogen (secondary N) is 3. The number of pyridine rings is 1. The van der Waals surface area contributed by atoms with E-state index in [2.05, 4.69) is 20.5 Å². The van der Waals surface area contributed by atoms with Crippen LogP contribution in [-0.2, 0) is 6.54 Å². The first-order valence-electron chi connectivity index (χ1n) is 7.72. The molecule has 2 aromatic heterocycles. The standard InChI is InChI=1S/C18H17ClN4O2/c1-10-7-20-15(11(2)17(10)24)9-21-18(25)14-8-22-23-16(14)12-3-5-13(19)6-4-12/h3-8H,9H2,1-2H3,(H,20,24)(H,21,25)(H,22,23). The fraction of sp³-hybridized carbons (Fsp3) is 0.167. The number of rotatable bonds is 4. The number of amides is 1. The predicted molar refractivity (Wildman–Crippen MR) is 96.7 cm³/mol. The molecule has 0 aliphatic rings. The number of aromatic nitrogens is 3. The van der Waals surface area contributed by atoms with Crippen LogP contribution in [-0.4, -0.2) is 21.1 Å². The van der Waals surface area contributed by atoms with Crippen LogP contribution in [0.2, 0.25) is 5.02 Å². The molecule has 128 valence electrons. The zero-order valence-electron chi connectivity index (χ0n) is 13.8. The predicted octanol–water partition coefficient (Wildman–Crippen LogP) is 2.97. The molecule has 7 heteroatoms. The summed E-state index contributed by atoms with van der Waals surface area (Å²) >= 11 is 5.90. The molecule has 6 nitrogen and oxygen atoms in total. The molecule has 3 N–H and O–H groups in total. The highest BCUT2D eigenvalue weighted by molar-refractivity contribution is 6.30. The minimum Gasteiger partial charge on any atom is -0.363 e. The van der Waals surface area contributed by atoms with Gasteiger partial charge in [-0.1, -0.05) is 23.7 Å². The average Bonchev–Trinajstić information content (AvgIpc) is 3.09. The van der Waals surface area contributed by atoms with E-state index >= 15 is 0 Å². The molecule has 0 fully saturated rings. The Hall–Kier alpha value is -2.86. The number of nitrogens with zero attached hydrogens (tertiary/aromatic N) is 1. The van der Waals surface area contributed by atoms with Crippen molar-refractivity contribution in [2.45, 2.75) is 20.4 Å². The molecule has 1 amide bonds. The van der Waals surface area contributed by atoms with Crippen molar-refractivity contribution in [3.05, 3.63) is 74.3 Å². The van der Waals surface area contributed by atoms with Gasteiger partial charge in [0.25, 0.3) is 5.91 Å². The van der Waals surface area contributed by atoms with Gasteiger partial charge in [-0.25, -0.2) is 0 Å². The van der Waals surface area contributed by atoms with E-state index in [1.54, 1.807) is 32.2 Å². The Morgan fingerprint density at radius 3 is 2.68 bits per heavy atom. The number of aromatic amines is 2. The summed E-state index contributed by atoms with van der Waals surface area (Å²) in [5.41, 5.74) is 3.76. The lowest BCUT2D eigenvalue weighted by Crippen LogP contribution is -2.25. The summed E-state index contributed by atoms with van der Waals surface area (Å²) < 4.78 is 0. The van der Waals surface area contributed by atoms with Crippen molar-refractivity contribution >= 4 is 17.5 Å². The van der Waals surface area contributed by atoms with E-state index in [9.17, 15) is 9.59 Å². The largest absolute Gasteiger partial charge is 0.363 e. The SMILES string of the molecule is Cc1c[nH]c(CNC(=O)c2cn[nH]c2-c2ccc(Cl)cc2)c(C)c1=O. The van der Waals surface area contributed by atoms with Gasteiger partial charge in [0, 0.05) is 33.6 Å². The maximum absolute atomic E-state index is 12.5. The van der Waals surface area contributed by atoms with Crippen LogP contribution in [0.25, 0.3) is 11.3 Å². The van der Waals surface area contributed by atoms with Gasteiger partial charge in [0.15, 0.2) is 5.43 Å². The lowest BCUT2D eigenvalue weighted by molar-refractivity contribution is 0.0951. The van der Waals surface area contributed by atoms with Gasteiger partial charge in [-0.3, -0.25) is 14.7 Å². The molecular weight excluding hydrogens is 340 g/mol. The van der Waals surface area contributed by atoms with Crippen LogP contribution >= 0.6 is 11.6 Å². The Balaban J connectivity index is 1.79. The molecule has 0 saturated carbocycles. The summed E-state index contributed by atoms with van der Waals surface area (Å²) in [6, 6.07) is 7.13. The third kappa shape index (κ3) is 3.49. The van der Waals surface area contributed by atoms with Crippen LogP contribution in [0.1, 0.15) is 27.2 Å². The van der Waals surface area contributed by atoms with Crippen molar-refractivity contribution in [3.8, 4) is 11.3 Å². The Kier molecular flexibility index (Phi) is 4.72. The Labute approximate surface area is 149 Å². The van der Waals surface area contributed by atoms with Crippen LogP contribution < -0.4 is 10.7 Å².